The van der Waals surface area contributed by atoms with Crippen LogP contribution in [0.3, 0.4) is 0 Å². The lowest BCUT2D eigenvalue weighted by atomic mass is 9.95. The maximum absolute atomic E-state index is 5.21. The summed E-state index contributed by atoms with van der Waals surface area (Å²) in [4.78, 5) is 5.21. The van der Waals surface area contributed by atoms with Gasteiger partial charge in [-0.3, -0.25) is 4.99 Å². The van der Waals surface area contributed by atoms with Crippen LogP contribution >= 0.6 is 7.92 Å². The van der Waals surface area contributed by atoms with Gasteiger partial charge in [-0.2, -0.15) is 0 Å². The molecule has 0 bridgehead atoms. The number of aliphatic imine (C=N–C) groups is 1. The minimum absolute atomic E-state index is 0.686. The Labute approximate surface area is 179 Å². The van der Waals surface area contributed by atoms with Gasteiger partial charge in [-0.15, -0.1) is 0 Å². The van der Waals surface area contributed by atoms with Crippen molar-refractivity contribution < 1.29 is 0 Å². The maximum atomic E-state index is 5.21. The fourth-order valence-electron chi connectivity index (χ4n) is 3.89. The van der Waals surface area contributed by atoms with Crippen LogP contribution in [0.25, 0.3) is 6.08 Å². The Morgan fingerprint density at radius 2 is 1.20 bits per heavy atom. The van der Waals surface area contributed by atoms with E-state index < -0.39 is 7.92 Å². The SMILES string of the molecule is C1=Cc2ccccc2C(=Nc2ccccc2P(c2ccccc2)c2ccccc2)C1. The molecular weight excluding hydrogens is 381 g/mol. The van der Waals surface area contributed by atoms with Crippen molar-refractivity contribution in [3.63, 3.8) is 0 Å². The summed E-state index contributed by atoms with van der Waals surface area (Å²) in [5, 5.41) is 3.98. The van der Waals surface area contributed by atoms with Gasteiger partial charge in [0.05, 0.1) is 11.4 Å². The van der Waals surface area contributed by atoms with E-state index in [1.807, 2.05) is 0 Å². The molecule has 4 aromatic carbocycles. The highest BCUT2D eigenvalue weighted by atomic mass is 31.1. The molecule has 5 rings (SSSR count). The van der Waals surface area contributed by atoms with E-state index in [9.17, 15) is 0 Å². The second-order valence-electron chi connectivity index (χ2n) is 7.25. The van der Waals surface area contributed by atoms with E-state index in [2.05, 4.69) is 121 Å². The molecule has 0 radical (unpaired) electrons. The van der Waals surface area contributed by atoms with Crippen molar-refractivity contribution in [3.05, 3.63) is 126 Å². The summed E-state index contributed by atoms with van der Waals surface area (Å²) in [6.45, 7) is 0. The second kappa shape index (κ2) is 8.61. The zero-order valence-corrected chi connectivity index (χ0v) is 17.5. The Morgan fingerprint density at radius 1 is 0.600 bits per heavy atom. The van der Waals surface area contributed by atoms with E-state index >= 15 is 0 Å². The van der Waals surface area contributed by atoms with Gasteiger partial charge in [0.2, 0.25) is 0 Å². The predicted molar refractivity (Wildman–Crippen MR) is 131 cm³/mol. The summed E-state index contributed by atoms with van der Waals surface area (Å²) in [6, 6.07) is 38.8. The average molecular weight is 403 g/mol. The third kappa shape index (κ3) is 3.77. The maximum Gasteiger partial charge on any atom is 0.0716 e. The normalized spacial score (nSPS) is 14.1. The van der Waals surface area contributed by atoms with Crippen LogP contribution in [-0.4, -0.2) is 5.71 Å². The molecule has 0 saturated heterocycles. The topological polar surface area (TPSA) is 12.4 Å². The van der Waals surface area contributed by atoms with Crippen LogP contribution in [0.5, 0.6) is 0 Å². The largest absolute Gasteiger partial charge is 0.252 e. The van der Waals surface area contributed by atoms with Crippen LogP contribution in [0, 0.1) is 0 Å². The molecule has 0 fully saturated rings. The highest BCUT2D eigenvalue weighted by molar-refractivity contribution is 7.80. The first-order valence-electron chi connectivity index (χ1n) is 10.2. The molecule has 1 nitrogen and oxygen atoms in total. The molecule has 4 aromatic rings. The quantitative estimate of drug-likeness (QED) is 0.372. The Hall–Kier alpha value is -3.28. The van der Waals surface area contributed by atoms with Crippen LogP contribution in [0.15, 0.2) is 120 Å². The molecular formula is C28H22NP. The van der Waals surface area contributed by atoms with Gasteiger partial charge in [0.15, 0.2) is 0 Å². The summed E-state index contributed by atoms with van der Waals surface area (Å²) in [5.74, 6) is 0. The molecule has 0 aliphatic heterocycles. The van der Waals surface area contributed by atoms with Gasteiger partial charge in [0.25, 0.3) is 0 Å². The van der Waals surface area contributed by atoms with Crippen LogP contribution in [-0.2, 0) is 0 Å². The Bertz CT molecular complexity index is 1170. The fraction of sp³-hybridized carbons (Fsp3) is 0.0357. The molecule has 0 atom stereocenters. The highest BCUT2D eigenvalue weighted by Crippen LogP contribution is 2.37. The van der Waals surface area contributed by atoms with Crippen molar-refractivity contribution in [2.24, 2.45) is 4.99 Å². The lowest BCUT2D eigenvalue weighted by molar-refractivity contribution is 1.37. The predicted octanol–water partition coefficient (Wildman–Crippen LogP) is 5.98. The Kier molecular flexibility index (Phi) is 5.38. The van der Waals surface area contributed by atoms with Crippen LogP contribution < -0.4 is 15.9 Å². The van der Waals surface area contributed by atoms with Crippen molar-refractivity contribution in [1.29, 1.82) is 0 Å². The lowest BCUT2D eigenvalue weighted by Crippen LogP contribution is -2.21. The number of hydrogen-bond acceptors (Lipinski definition) is 1. The van der Waals surface area contributed by atoms with Gasteiger partial charge in [0, 0.05) is 17.3 Å². The van der Waals surface area contributed by atoms with Crippen LogP contribution in [0.1, 0.15) is 17.5 Å². The highest BCUT2D eigenvalue weighted by Gasteiger charge is 2.20. The van der Waals surface area contributed by atoms with Crippen molar-refractivity contribution in [2.45, 2.75) is 6.42 Å². The van der Waals surface area contributed by atoms with Crippen molar-refractivity contribution >= 4 is 41.3 Å². The lowest BCUT2D eigenvalue weighted by Gasteiger charge is -2.21. The number of benzene rings is 4. The minimum Gasteiger partial charge on any atom is -0.252 e. The number of hydrogen-bond donors (Lipinski definition) is 0. The molecule has 30 heavy (non-hydrogen) atoms. The van der Waals surface area contributed by atoms with E-state index in [1.54, 1.807) is 0 Å². The smallest absolute Gasteiger partial charge is 0.0716 e. The summed E-state index contributed by atoms with van der Waals surface area (Å²) in [6.07, 6.45) is 5.27. The molecule has 0 unspecified atom stereocenters. The van der Waals surface area contributed by atoms with Crippen molar-refractivity contribution in [2.75, 3.05) is 0 Å². The molecule has 1 aliphatic carbocycles. The summed E-state index contributed by atoms with van der Waals surface area (Å²) >= 11 is 0. The number of fused-ring (bicyclic) bond motifs is 1. The van der Waals surface area contributed by atoms with Crippen LogP contribution in [0.2, 0.25) is 0 Å². The molecule has 0 heterocycles. The first-order chi connectivity index (χ1) is 14.9. The molecule has 0 saturated carbocycles. The molecule has 1 aliphatic rings. The second-order valence-corrected chi connectivity index (χ2v) is 9.43. The van der Waals surface area contributed by atoms with Gasteiger partial charge in [-0.25, -0.2) is 0 Å². The first-order valence-corrected chi connectivity index (χ1v) is 11.6. The fourth-order valence-corrected chi connectivity index (χ4v) is 6.28. The number of para-hydroxylation sites is 1. The standard InChI is InChI=1S/C28H22NP/c1-3-14-23(15-4-1)30(24-16-5-2-6-17-24)28-21-10-9-19-27(28)29-26-20-11-13-22-12-7-8-18-25(22)26/h1-19,21H,20H2. The monoisotopic (exact) mass is 403 g/mol. The van der Waals surface area contributed by atoms with E-state index in [0.29, 0.717) is 0 Å². The van der Waals surface area contributed by atoms with E-state index in [1.165, 1.54) is 27.0 Å². The average Bonchev–Trinajstić information content (AvgIpc) is 2.82. The molecule has 0 spiro atoms. The summed E-state index contributed by atoms with van der Waals surface area (Å²) in [5.41, 5.74) is 4.68. The van der Waals surface area contributed by atoms with E-state index in [4.69, 9.17) is 4.99 Å². The Balaban J connectivity index is 1.66. The number of allylic oxidation sites excluding steroid dienone is 1. The molecule has 0 N–H and O–H groups in total. The molecule has 144 valence electrons. The van der Waals surface area contributed by atoms with Gasteiger partial charge < -0.3 is 0 Å². The van der Waals surface area contributed by atoms with Crippen LogP contribution in [0.4, 0.5) is 5.69 Å². The summed E-state index contributed by atoms with van der Waals surface area (Å²) < 4.78 is 0. The van der Waals surface area contributed by atoms with E-state index in [-0.39, 0.29) is 0 Å². The molecule has 0 amide bonds. The third-order valence-electron chi connectivity index (χ3n) is 5.29. The van der Waals surface area contributed by atoms with Crippen molar-refractivity contribution in [1.82, 2.24) is 0 Å². The number of rotatable bonds is 4. The zero-order chi connectivity index (χ0) is 20.2. The molecule has 2 heteroatoms. The van der Waals surface area contributed by atoms with Gasteiger partial charge in [0.1, 0.15) is 0 Å². The zero-order valence-electron chi connectivity index (χ0n) is 16.6. The third-order valence-corrected chi connectivity index (χ3v) is 7.78. The summed E-state index contributed by atoms with van der Waals surface area (Å²) in [7, 11) is -0.686. The van der Waals surface area contributed by atoms with Gasteiger partial charge >= 0.3 is 0 Å². The van der Waals surface area contributed by atoms with Crippen molar-refractivity contribution in [3.8, 4) is 0 Å². The van der Waals surface area contributed by atoms with E-state index in [0.717, 1.165) is 17.8 Å². The Morgan fingerprint density at radius 3 is 1.93 bits per heavy atom. The minimum atomic E-state index is -0.686. The first kappa shape index (κ1) is 18.7. The van der Waals surface area contributed by atoms with Gasteiger partial charge in [-0.1, -0.05) is 115 Å². The number of nitrogens with zero attached hydrogens (tertiary/aromatic N) is 1. The molecule has 0 aromatic heterocycles. The van der Waals surface area contributed by atoms with Gasteiger partial charge in [-0.05, 0) is 30.2 Å².